The minimum Gasteiger partial charge on any atom is -0.508 e. The average Bonchev–Trinajstić information content (AvgIpc) is 2.27. The van der Waals surface area contributed by atoms with Gasteiger partial charge in [0.25, 0.3) is 0 Å². The summed E-state index contributed by atoms with van der Waals surface area (Å²) in [7, 11) is 0. The molecule has 0 aliphatic rings. The SMILES string of the molecule is C=CC(CCC#N)=Nc1ccc(O)cc1O. The van der Waals surface area contributed by atoms with Crippen molar-refractivity contribution in [1.29, 1.82) is 5.26 Å². The number of aromatic hydroxyl groups is 2. The molecule has 0 atom stereocenters. The smallest absolute Gasteiger partial charge is 0.144 e. The fraction of sp³-hybridized carbons (Fsp3) is 0.167. The lowest BCUT2D eigenvalue weighted by Crippen LogP contribution is -1.91. The van der Waals surface area contributed by atoms with Gasteiger partial charge in [0.2, 0.25) is 0 Å². The van der Waals surface area contributed by atoms with Crippen molar-refractivity contribution in [3.8, 4) is 17.6 Å². The molecule has 0 unspecified atom stereocenters. The summed E-state index contributed by atoms with van der Waals surface area (Å²) in [4.78, 5) is 4.14. The fourth-order valence-electron chi connectivity index (χ4n) is 1.15. The molecule has 4 heteroatoms. The highest BCUT2D eigenvalue weighted by Gasteiger charge is 2.02. The predicted molar refractivity (Wildman–Crippen MR) is 61.9 cm³/mol. The van der Waals surface area contributed by atoms with Gasteiger partial charge in [0.1, 0.15) is 17.2 Å². The molecule has 0 saturated carbocycles. The van der Waals surface area contributed by atoms with Crippen LogP contribution in [-0.2, 0) is 0 Å². The molecule has 0 aliphatic heterocycles. The Morgan fingerprint density at radius 1 is 1.50 bits per heavy atom. The Morgan fingerprint density at radius 2 is 2.25 bits per heavy atom. The van der Waals surface area contributed by atoms with Gasteiger partial charge in [-0.1, -0.05) is 6.58 Å². The zero-order chi connectivity index (χ0) is 12.0. The number of nitrogens with zero attached hydrogens (tertiary/aromatic N) is 2. The lowest BCUT2D eigenvalue weighted by molar-refractivity contribution is 0.451. The van der Waals surface area contributed by atoms with E-state index in [0.29, 0.717) is 24.2 Å². The number of allylic oxidation sites excluding steroid dienone is 1. The number of nitriles is 1. The zero-order valence-electron chi connectivity index (χ0n) is 8.72. The summed E-state index contributed by atoms with van der Waals surface area (Å²) in [6.45, 7) is 3.59. The molecule has 1 rings (SSSR count). The van der Waals surface area contributed by atoms with E-state index in [0.717, 1.165) is 0 Å². The molecule has 2 N–H and O–H groups in total. The number of hydrogen-bond acceptors (Lipinski definition) is 4. The van der Waals surface area contributed by atoms with Gasteiger partial charge in [-0.2, -0.15) is 5.26 Å². The molecule has 0 radical (unpaired) electrons. The molecular weight excluding hydrogens is 204 g/mol. The molecule has 0 aromatic heterocycles. The molecule has 0 amide bonds. The van der Waals surface area contributed by atoms with Crippen LogP contribution in [-0.4, -0.2) is 15.9 Å². The van der Waals surface area contributed by atoms with Gasteiger partial charge in [-0.3, -0.25) is 0 Å². The Morgan fingerprint density at radius 3 is 2.81 bits per heavy atom. The third kappa shape index (κ3) is 3.14. The van der Waals surface area contributed by atoms with Crippen molar-refractivity contribution >= 4 is 11.4 Å². The van der Waals surface area contributed by atoms with Gasteiger partial charge >= 0.3 is 0 Å². The first kappa shape index (κ1) is 11.8. The first-order chi connectivity index (χ1) is 7.67. The summed E-state index contributed by atoms with van der Waals surface area (Å²) < 4.78 is 0. The van der Waals surface area contributed by atoms with E-state index in [4.69, 9.17) is 10.4 Å². The van der Waals surface area contributed by atoms with E-state index in [1.165, 1.54) is 18.2 Å². The van der Waals surface area contributed by atoms with E-state index in [-0.39, 0.29) is 11.5 Å². The Bertz CT molecular complexity index is 459. The van der Waals surface area contributed by atoms with E-state index >= 15 is 0 Å². The molecule has 1 aromatic carbocycles. The topological polar surface area (TPSA) is 76.6 Å². The molecule has 82 valence electrons. The maximum Gasteiger partial charge on any atom is 0.144 e. The fourth-order valence-corrected chi connectivity index (χ4v) is 1.15. The maximum atomic E-state index is 9.49. The largest absolute Gasteiger partial charge is 0.508 e. The molecule has 0 aliphatic carbocycles. The van der Waals surface area contributed by atoms with E-state index in [1.54, 1.807) is 6.08 Å². The number of benzene rings is 1. The van der Waals surface area contributed by atoms with Crippen molar-refractivity contribution in [1.82, 2.24) is 0 Å². The summed E-state index contributed by atoms with van der Waals surface area (Å²) in [5, 5.41) is 27.0. The highest BCUT2D eigenvalue weighted by molar-refractivity contribution is 5.96. The molecule has 4 nitrogen and oxygen atoms in total. The Kier molecular flexibility index (Phi) is 4.10. The summed E-state index contributed by atoms with van der Waals surface area (Å²) in [5.74, 6) is -0.120. The van der Waals surface area contributed by atoms with Crippen LogP contribution in [0.3, 0.4) is 0 Å². The van der Waals surface area contributed by atoms with Gasteiger partial charge < -0.3 is 10.2 Å². The monoisotopic (exact) mass is 216 g/mol. The molecule has 0 fully saturated rings. The van der Waals surface area contributed by atoms with Crippen LogP contribution in [0.15, 0.2) is 35.8 Å². The molecule has 0 heterocycles. The average molecular weight is 216 g/mol. The number of aliphatic imine (C=N–C) groups is 1. The van der Waals surface area contributed by atoms with Crippen LogP contribution in [0.4, 0.5) is 5.69 Å². The van der Waals surface area contributed by atoms with Gasteiger partial charge in [0, 0.05) is 24.6 Å². The zero-order valence-corrected chi connectivity index (χ0v) is 8.72. The molecule has 16 heavy (non-hydrogen) atoms. The second-order valence-electron chi connectivity index (χ2n) is 3.14. The van der Waals surface area contributed by atoms with Crippen LogP contribution >= 0.6 is 0 Å². The molecule has 0 spiro atoms. The van der Waals surface area contributed by atoms with Crippen LogP contribution < -0.4 is 0 Å². The predicted octanol–water partition coefficient (Wildman–Crippen LogP) is 2.66. The van der Waals surface area contributed by atoms with Crippen molar-refractivity contribution in [3.05, 3.63) is 30.9 Å². The van der Waals surface area contributed by atoms with E-state index in [9.17, 15) is 5.11 Å². The van der Waals surface area contributed by atoms with Gasteiger partial charge in [-0.05, 0) is 18.2 Å². The third-order valence-corrected chi connectivity index (χ3v) is 1.95. The van der Waals surface area contributed by atoms with Crippen LogP contribution in [0.25, 0.3) is 0 Å². The molecular formula is C12H12N2O2. The highest BCUT2D eigenvalue weighted by atomic mass is 16.3. The van der Waals surface area contributed by atoms with Crippen molar-refractivity contribution < 1.29 is 10.2 Å². The summed E-state index contributed by atoms with van der Waals surface area (Å²) in [5.41, 5.74) is 0.980. The first-order valence-electron chi connectivity index (χ1n) is 4.76. The highest BCUT2D eigenvalue weighted by Crippen LogP contribution is 2.30. The van der Waals surface area contributed by atoms with Crippen LogP contribution in [0, 0.1) is 11.3 Å². The van der Waals surface area contributed by atoms with Gasteiger partial charge in [0.15, 0.2) is 0 Å². The maximum absolute atomic E-state index is 9.49. The number of phenols is 2. The Hall–Kier alpha value is -2.28. The summed E-state index contributed by atoms with van der Waals surface area (Å²) >= 11 is 0. The molecule has 0 saturated heterocycles. The van der Waals surface area contributed by atoms with Crippen LogP contribution in [0.1, 0.15) is 12.8 Å². The van der Waals surface area contributed by atoms with Gasteiger partial charge in [-0.25, -0.2) is 4.99 Å². The minimum absolute atomic E-state index is 0.0198. The van der Waals surface area contributed by atoms with E-state index in [2.05, 4.69) is 11.6 Å². The second-order valence-corrected chi connectivity index (χ2v) is 3.14. The minimum atomic E-state index is -0.101. The Balaban J connectivity index is 2.95. The van der Waals surface area contributed by atoms with Crippen molar-refractivity contribution in [2.75, 3.05) is 0 Å². The quantitative estimate of drug-likeness (QED) is 0.759. The van der Waals surface area contributed by atoms with Crippen molar-refractivity contribution in [2.45, 2.75) is 12.8 Å². The summed E-state index contributed by atoms with van der Waals surface area (Å²) in [6.07, 6.45) is 2.38. The lowest BCUT2D eigenvalue weighted by atomic mass is 10.2. The van der Waals surface area contributed by atoms with E-state index in [1.807, 2.05) is 6.07 Å². The standard InChI is InChI=1S/C12H12N2O2/c1-2-9(4-3-7-13)14-11-6-5-10(15)8-12(11)16/h2,5-6,8,15-16H,1,3-4H2. The Labute approximate surface area is 93.8 Å². The van der Waals surface area contributed by atoms with Crippen LogP contribution in [0.5, 0.6) is 11.5 Å². The first-order valence-corrected chi connectivity index (χ1v) is 4.76. The third-order valence-electron chi connectivity index (χ3n) is 1.95. The van der Waals surface area contributed by atoms with Gasteiger partial charge in [0.05, 0.1) is 6.07 Å². The number of rotatable bonds is 4. The molecule has 0 bridgehead atoms. The molecule has 1 aromatic rings. The van der Waals surface area contributed by atoms with Crippen molar-refractivity contribution in [3.63, 3.8) is 0 Å². The van der Waals surface area contributed by atoms with Gasteiger partial charge in [-0.15, -0.1) is 0 Å². The van der Waals surface area contributed by atoms with Crippen LogP contribution in [0.2, 0.25) is 0 Å². The van der Waals surface area contributed by atoms with E-state index < -0.39 is 0 Å². The lowest BCUT2D eigenvalue weighted by Gasteiger charge is -2.02. The van der Waals surface area contributed by atoms with Crippen molar-refractivity contribution in [2.24, 2.45) is 4.99 Å². The number of phenolic OH excluding ortho intramolecular Hbond substituents is 2. The number of hydrogen-bond donors (Lipinski definition) is 2. The normalized spacial score (nSPS) is 10.8. The second kappa shape index (κ2) is 5.56. The summed E-state index contributed by atoms with van der Waals surface area (Å²) in [6, 6.07) is 6.16.